The third-order valence-corrected chi connectivity index (χ3v) is 1.78. The highest BCUT2D eigenvalue weighted by Crippen LogP contribution is 2.04. The van der Waals surface area contributed by atoms with Crippen LogP contribution >= 0.6 is 17.0 Å². The van der Waals surface area contributed by atoms with E-state index in [0.717, 1.165) is 0 Å². The van der Waals surface area contributed by atoms with Crippen molar-refractivity contribution in [2.45, 2.75) is 45.4 Å². The molecule has 0 spiro atoms. The average molecular weight is 236 g/mol. The molecule has 0 saturated carbocycles. The molecule has 0 atom stereocenters. The Kier molecular flexibility index (Phi) is 16.8. The lowest BCUT2D eigenvalue weighted by atomic mass is 10.1. The van der Waals surface area contributed by atoms with Gasteiger partial charge in [0.15, 0.2) is 0 Å². The molecule has 2 heteroatoms. The first-order valence-corrected chi connectivity index (χ1v) is 4.77. The van der Waals surface area contributed by atoms with Crippen molar-refractivity contribution in [2.75, 3.05) is 6.54 Å². The molecule has 0 fully saturated rings. The molecule has 0 unspecified atom stereocenters. The molecule has 0 aromatic rings. The second-order valence-electron chi connectivity index (χ2n) is 2.91. The molecule has 0 aliphatic heterocycles. The molecule has 0 bridgehead atoms. The summed E-state index contributed by atoms with van der Waals surface area (Å²) in [5, 5.41) is 0. The minimum Gasteiger partial charge on any atom is -0.327 e. The lowest BCUT2D eigenvalue weighted by Gasteiger charge is -1.95. The molecule has 12 heavy (non-hydrogen) atoms. The van der Waals surface area contributed by atoms with Gasteiger partial charge in [-0.3, -0.25) is 0 Å². The van der Waals surface area contributed by atoms with E-state index in [0.29, 0.717) is 6.54 Å². The SMILES string of the molecule is Br.CCCCCCCC=CCN. The Morgan fingerprint density at radius 1 is 1.00 bits per heavy atom. The predicted octanol–water partition coefficient (Wildman–Crippen LogP) is 3.44. The van der Waals surface area contributed by atoms with Gasteiger partial charge in [-0.15, -0.1) is 17.0 Å². The second-order valence-corrected chi connectivity index (χ2v) is 2.91. The van der Waals surface area contributed by atoms with Gasteiger partial charge in [0.05, 0.1) is 0 Å². The number of unbranched alkanes of at least 4 members (excludes halogenated alkanes) is 5. The standard InChI is InChI=1S/C10H21N.BrH/c1-2-3-4-5-6-7-8-9-10-11;/h8-9H,2-7,10-11H2,1H3;1H. The molecule has 0 saturated heterocycles. The first-order valence-electron chi connectivity index (χ1n) is 4.77. The van der Waals surface area contributed by atoms with E-state index in [-0.39, 0.29) is 17.0 Å². The van der Waals surface area contributed by atoms with Gasteiger partial charge in [0.25, 0.3) is 0 Å². The Hall–Kier alpha value is 0.180. The summed E-state index contributed by atoms with van der Waals surface area (Å²) < 4.78 is 0. The number of hydrogen-bond acceptors (Lipinski definition) is 1. The van der Waals surface area contributed by atoms with Crippen molar-refractivity contribution < 1.29 is 0 Å². The predicted molar refractivity (Wildman–Crippen MR) is 61.9 cm³/mol. The van der Waals surface area contributed by atoms with E-state index in [1.54, 1.807) is 0 Å². The summed E-state index contributed by atoms with van der Waals surface area (Å²) in [6.45, 7) is 2.93. The fourth-order valence-corrected chi connectivity index (χ4v) is 1.08. The number of halogens is 1. The van der Waals surface area contributed by atoms with Crippen LogP contribution in [0, 0.1) is 0 Å². The summed E-state index contributed by atoms with van der Waals surface area (Å²) in [6, 6.07) is 0. The third kappa shape index (κ3) is 12.8. The van der Waals surface area contributed by atoms with E-state index in [4.69, 9.17) is 5.73 Å². The zero-order valence-corrected chi connectivity index (χ0v) is 9.80. The highest BCUT2D eigenvalue weighted by molar-refractivity contribution is 8.93. The third-order valence-electron chi connectivity index (χ3n) is 1.78. The van der Waals surface area contributed by atoms with Crippen molar-refractivity contribution in [1.82, 2.24) is 0 Å². The van der Waals surface area contributed by atoms with Gasteiger partial charge in [-0.1, -0.05) is 44.8 Å². The van der Waals surface area contributed by atoms with Crippen LogP contribution in [0.4, 0.5) is 0 Å². The van der Waals surface area contributed by atoms with E-state index >= 15 is 0 Å². The van der Waals surface area contributed by atoms with Crippen LogP contribution in [0.2, 0.25) is 0 Å². The van der Waals surface area contributed by atoms with Crippen molar-refractivity contribution in [1.29, 1.82) is 0 Å². The van der Waals surface area contributed by atoms with Crippen LogP contribution in [0.15, 0.2) is 12.2 Å². The van der Waals surface area contributed by atoms with Crippen LogP contribution in [-0.2, 0) is 0 Å². The largest absolute Gasteiger partial charge is 0.327 e. The Labute approximate surface area is 87.2 Å². The van der Waals surface area contributed by atoms with E-state index in [2.05, 4.69) is 13.0 Å². The maximum absolute atomic E-state index is 5.30. The fourth-order valence-electron chi connectivity index (χ4n) is 1.08. The van der Waals surface area contributed by atoms with Gasteiger partial charge in [-0.25, -0.2) is 0 Å². The summed E-state index contributed by atoms with van der Waals surface area (Å²) in [5.41, 5.74) is 5.30. The number of rotatable bonds is 7. The monoisotopic (exact) mass is 235 g/mol. The number of hydrogen-bond donors (Lipinski definition) is 1. The Bertz CT molecular complexity index is 91.8. The molecule has 0 aliphatic rings. The van der Waals surface area contributed by atoms with E-state index in [1.165, 1.54) is 38.5 Å². The molecule has 0 aromatic heterocycles. The quantitative estimate of drug-likeness (QED) is 0.531. The van der Waals surface area contributed by atoms with Crippen molar-refractivity contribution in [2.24, 2.45) is 5.73 Å². The Morgan fingerprint density at radius 2 is 1.67 bits per heavy atom. The fraction of sp³-hybridized carbons (Fsp3) is 0.800. The van der Waals surface area contributed by atoms with Gasteiger partial charge < -0.3 is 5.73 Å². The van der Waals surface area contributed by atoms with Crippen LogP contribution in [0.25, 0.3) is 0 Å². The topological polar surface area (TPSA) is 26.0 Å². The molecule has 0 aromatic carbocycles. The highest BCUT2D eigenvalue weighted by atomic mass is 79.9. The summed E-state index contributed by atoms with van der Waals surface area (Å²) in [5.74, 6) is 0. The van der Waals surface area contributed by atoms with Crippen molar-refractivity contribution >= 4 is 17.0 Å². The maximum atomic E-state index is 5.30. The van der Waals surface area contributed by atoms with E-state index in [9.17, 15) is 0 Å². The maximum Gasteiger partial charge on any atom is 0.0106 e. The second kappa shape index (κ2) is 13.7. The molecule has 74 valence electrons. The lowest BCUT2D eigenvalue weighted by Crippen LogP contribution is -1.91. The molecule has 2 N–H and O–H groups in total. The van der Waals surface area contributed by atoms with Crippen LogP contribution in [0.1, 0.15) is 45.4 Å². The van der Waals surface area contributed by atoms with Gasteiger partial charge in [0, 0.05) is 6.54 Å². The lowest BCUT2D eigenvalue weighted by molar-refractivity contribution is 0.637. The molecule has 0 amide bonds. The first kappa shape index (κ1) is 14.7. The van der Waals surface area contributed by atoms with Crippen molar-refractivity contribution in [3.05, 3.63) is 12.2 Å². The normalized spacial score (nSPS) is 10.2. The van der Waals surface area contributed by atoms with Crippen LogP contribution in [0.5, 0.6) is 0 Å². The Balaban J connectivity index is 0. The molecule has 0 rings (SSSR count). The van der Waals surface area contributed by atoms with Crippen LogP contribution in [0.3, 0.4) is 0 Å². The van der Waals surface area contributed by atoms with Crippen LogP contribution in [-0.4, -0.2) is 6.54 Å². The van der Waals surface area contributed by atoms with E-state index < -0.39 is 0 Å². The van der Waals surface area contributed by atoms with Crippen molar-refractivity contribution in [3.8, 4) is 0 Å². The zero-order chi connectivity index (χ0) is 8.36. The summed E-state index contributed by atoms with van der Waals surface area (Å²) in [7, 11) is 0. The van der Waals surface area contributed by atoms with Gasteiger partial charge in [0.2, 0.25) is 0 Å². The molecular formula is C10H22BrN. The zero-order valence-electron chi connectivity index (χ0n) is 8.09. The molecule has 0 aliphatic carbocycles. The molecule has 1 nitrogen and oxygen atoms in total. The minimum absolute atomic E-state index is 0. The number of nitrogens with two attached hydrogens (primary N) is 1. The number of allylic oxidation sites excluding steroid dienone is 1. The van der Waals surface area contributed by atoms with E-state index in [1.807, 2.05) is 6.08 Å². The first-order chi connectivity index (χ1) is 5.41. The van der Waals surface area contributed by atoms with Gasteiger partial charge >= 0.3 is 0 Å². The summed E-state index contributed by atoms with van der Waals surface area (Å²) in [6.07, 6.45) is 12.3. The van der Waals surface area contributed by atoms with Gasteiger partial charge in [-0.2, -0.15) is 0 Å². The smallest absolute Gasteiger partial charge is 0.0106 e. The van der Waals surface area contributed by atoms with Gasteiger partial charge in [0.1, 0.15) is 0 Å². The summed E-state index contributed by atoms with van der Waals surface area (Å²) >= 11 is 0. The van der Waals surface area contributed by atoms with Gasteiger partial charge in [-0.05, 0) is 12.8 Å². The molecule has 0 heterocycles. The highest BCUT2D eigenvalue weighted by Gasteiger charge is 1.85. The summed E-state index contributed by atoms with van der Waals surface area (Å²) in [4.78, 5) is 0. The van der Waals surface area contributed by atoms with Crippen LogP contribution < -0.4 is 5.73 Å². The minimum atomic E-state index is 0. The molecule has 0 radical (unpaired) electrons. The van der Waals surface area contributed by atoms with Crippen molar-refractivity contribution in [3.63, 3.8) is 0 Å². The Morgan fingerprint density at radius 3 is 2.25 bits per heavy atom. The molecular weight excluding hydrogens is 214 g/mol. The average Bonchev–Trinajstić information content (AvgIpc) is 2.03.